The molecule has 0 saturated heterocycles. The molecule has 0 aliphatic heterocycles. The van der Waals surface area contributed by atoms with Gasteiger partial charge in [0.25, 0.3) is 0 Å². The number of rotatable bonds is 1. The van der Waals surface area contributed by atoms with Crippen molar-refractivity contribution in [2.24, 2.45) is 0 Å². The quantitative estimate of drug-likeness (QED) is 0.585. The second kappa shape index (κ2) is 2.34. The molecule has 0 unspecified atom stereocenters. The van der Waals surface area contributed by atoms with Crippen LogP contribution in [0.4, 0.5) is 0 Å². The van der Waals surface area contributed by atoms with E-state index < -0.39 is 5.97 Å². The SMILES string of the molecule is O=C(O)c1[c]nc(O)cc1. The van der Waals surface area contributed by atoms with Gasteiger partial charge in [-0.3, -0.25) is 0 Å². The molecule has 0 aliphatic carbocycles. The third-order valence-electron chi connectivity index (χ3n) is 0.920. The van der Waals surface area contributed by atoms with Gasteiger partial charge in [0.1, 0.15) is 6.20 Å². The lowest BCUT2D eigenvalue weighted by atomic mass is 10.3. The summed E-state index contributed by atoms with van der Waals surface area (Å²) in [5, 5.41) is 16.9. The monoisotopic (exact) mass is 138 g/mol. The van der Waals surface area contributed by atoms with Crippen LogP contribution in [0.15, 0.2) is 12.1 Å². The number of hydrogen-bond donors (Lipinski definition) is 2. The fourth-order valence-corrected chi connectivity index (χ4v) is 0.469. The zero-order valence-electron chi connectivity index (χ0n) is 4.90. The molecule has 4 nitrogen and oxygen atoms in total. The van der Waals surface area contributed by atoms with E-state index in [2.05, 4.69) is 11.2 Å². The number of aromatic nitrogens is 1. The van der Waals surface area contributed by atoms with E-state index in [9.17, 15) is 4.79 Å². The third-order valence-corrected chi connectivity index (χ3v) is 0.920. The van der Waals surface area contributed by atoms with Crippen molar-refractivity contribution in [3.8, 4) is 5.88 Å². The van der Waals surface area contributed by atoms with Crippen LogP contribution in [-0.4, -0.2) is 21.2 Å². The van der Waals surface area contributed by atoms with Crippen molar-refractivity contribution in [2.75, 3.05) is 0 Å². The highest BCUT2D eigenvalue weighted by molar-refractivity contribution is 5.86. The zero-order valence-corrected chi connectivity index (χ0v) is 4.90. The van der Waals surface area contributed by atoms with Gasteiger partial charge in [-0.05, 0) is 6.07 Å². The maximum atomic E-state index is 10.2. The Morgan fingerprint density at radius 3 is 2.70 bits per heavy atom. The Balaban J connectivity index is 3.00. The summed E-state index contributed by atoms with van der Waals surface area (Å²) in [6.45, 7) is 0. The molecule has 4 heteroatoms. The minimum absolute atomic E-state index is 0.0576. The smallest absolute Gasteiger partial charge is 0.337 e. The van der Waals surface area contributed by atoms with Gasteiger partial charge in [-0.15, -0.1) is 0 Å². The lowest BCUT2D eigenvalue weighted by Crippen LogP contribution is -1.96. The van der Waals surface area contributed by atoms with E-state index in [1.54, 1.807) is 0 Å². The van der Waals surface area contributed by atoms with E-state index in [4.69, 9.17) is 10.2 Å². The minimum Gasteiger partial charge on any atom is -0.493 e. The van der Waals surface area contributed by atoms with Crippen molar-refractivity contribution in [1.82, 2.24) is 4.98 Å². The fourth-order valence-electron chi connectivity index (χ4n) is 0.469. The number of carboxylic acid groups (broad SMARTS) is 1. The van der Waals surface area contributed by atoms with E-state index in [1.165, 1.54) is 12.1 Å². The van der Waals surface area contributed by atoms with Gasteiger partial charge in [-0.25, -0.2) is 9.78 Å². The molecule has 1 aromatic heterocycles. The molecule has 2 N–H and O–H groups in total. The fraction of sp³-hybridized carbons (Fsp3) is 0. The molecule has 0 spiro atoms. The van der Waals surface area contributed by atoms with Gasteiger partial charge in [0.15, 0.2) is 0 Å². The highest BCUT2D eigenvalue weighted by atomic mass is 16.4. The van der Waals surface area contributed by atoms with E-state index in [0.29, 0.717) is 0 Å². The number of pyridine rings is 1. The molecule has 0 bridgehead atoms. The van der Waals surface area contributed by atoms with Crippen molar-refractivity contribution in [2.45, 2.75) is 0 Å². The lowest BCUT2D eigenvalue weighted by molar-refractivity contribution is 0.0696. The second-order valence-corrected chi connectivity index (χ2v) is 1.63. The first-order chi connectivity index (χ1) is 4.70. The molecule has 0 amide bonds. The Bertz CT molecular complexity index is 242. The highest BCUT2D eigenvalue weighted by Crippen LogP contribution is 2.03. The molecule has 0 saturated carbocycles. The molecule has 0 fully saturated rings. The van der Waals surface area contributed by atoms with Gasteiger partial charge >= 0.3 is 5.97 Å². The van der Waals surface area contributed by atoms with Gasteiger partial charge in [0.05, 0.1) is 5.56 Å². The predicted octanol–water partition coefficient (Wildman–Crippen LogP) is 0.286. The molecule has 51 valence electrons. The highest BCUT2D eigenvalue weighted by Gasteiger charge is 2.01. The maximum absolute atomic E-state index is 10.2. The minimum atomic E-state index is -1.10. The Morgan fingerprint density at radius 2 is 2.30 bits per heavy atom. The average Bonchev–Trinajstić information content (AvgIpc) is 1.88. The Kier molecular flexibility index (Phi) is 1.53. The molecule has 0 atom stereocenters. The summed E-state index contributed by atoms with van der Waals surface area (Å²) < 4.78 is 0. The van der Waals surface area contributed by atoms with E-state index in [0.717, 1.165) is 0 Å². The van der Waals surface area contributed by atoms with E-state index in [1.807, 2.05) is 0 Å². The van der Waals surface area contributed by atoms with Gasteiger partial charge in [0.2, 0.25) is 5.88 Å². The first kappa shape index (κ1) is 6.54. The Hall–Kier alpha value is -1.58. The molecular weight excluding hydrogens is 134 g/mol. The summed E-state index contributed by atoms with van der Waals surface area (Å²) in [4.78, 5) is 13.4. The molecule has 0 aliphatic rings. The second-order valence-electron chi connectivity index (χ2n) is 1.63. The van der Waals surface area contributed by atoms with Crippen molar-refractivity contribution in [1.29, 1.82) is 0 Å². The number of hydrogen-bond acceptors (Lipinski definition) is 3. The van der Waals surface area contributed by atoms with Crippen LogP contribution in [0.3, 0.4) is 0 Å². The van der Waals surface area contributed by atoms with Gasteiger partial charge in [-0.1, -0.05) is 0 Å². The number of carboxylic acids is 1. The summed E-state index contributed by atoms with van der Waals surface area (Å²) >= 11 is 0. The molecule has 0 aromatic carbocycles. The van der Waals surface area contributed by atoms with Crippen LogP contribution >= 0.6 is 0 Å². The van der Waals surface area contributed by atoms with Crippen LogP contribution in [0.1, 0.15) is 10.4 Å². The van der Waals surface area contributed by atoms with Crippen LogP contribution in [0.5, 0.6) is 5.88 Å². The van der Waals surface area contributed by atoms with Crippen LogP contribution in [0.25, 0.3) is 0 Å². The standard InChI is InChI=1S/C6H4NO3/c8-5-2-1-4(3-7-5)6(9)10/h1-2H,(H,7,8)(H,9,10). The van der Waals surface area contributed by atoms with Crippen LogP contribution < -0.4 is 0 Å². The summed E-state index contributed by atoms with van der Waals surface area (Å²) in [7, 11) is 0. The summed E-state index contributed by atoms with van der Waals surface area (Å²) in [6, 6.07) is 2.42. The molecule has 1 rings (SSSR count). The normalized spacial score (nSPS) is 9.20. The van der Waals surface area contributed by atoms with Crippen LogP contribution in [0, 0.1) is 6.20 Å². The summed E-state index contributed by atoms with van der Waals surface area (Å²) in [5.74, 6) is -1.34. The number of nitrogens with zero attached hydrogens (tertiary/aromatic N) is 1. The van der Waals surface area contributed by atoms with Crippen molar-refractivity contribution in [3.05, 3.63) is 23.9 Å². The zero-order chi connectivity index (χ0) is 7.56. The largest absolute Gasteiger partial charge is 0.493 e. The topological polar surface area (TPSA) is 70.4 Å². The van der Waals surface area contributed by atoms with Crippen LogP contribution in [0.2, 0.25) is 0 Å². The summed E-state index contributed by atoms with van der Waals surface area (Å²) in [6.07, 6.45) is 2.14. The molecule has 1 aromatic rings. The number of aromatic hydroxyl groups is 1. The lowest BCUT2D eigenvalue weighted by Gasteiger charge is -1.90. The molecular formula is C6H4NO3. The van der Waals surface area contributed by atoms with Crippen molar-refractivity contribution >= 4 is 5.97 Å². The van der Waals surface area contributed by atoms with Gasteiger partial charge in [0, 0.05) is 6.07 Å². The van der Waals surface area contributed by atoms with Crippen molar-refractivity contribution in [3.63, 3.8) is 0 Å². The van der Waals surface area contributed by atoms with Gasteiger partial charge in [-0.2, -0.15) is 0 Å². The third kappa shape index (κ3) is 1.22. The first-order valence-electron chi connectivity index (χ1n) is 2.51. The number of carbonyl (C=O) groups is 1. The van der Waals surface area contributed by atoms with Crippen LogP contribution in [-0.2, 0) is 0 Å². The summed E-state index contributed by atoms with van der Waals surface area (Å²) in [5.41, 5.74) is -0.0576. The average molecular weight is 138 g/mol. The van der Waals surface area contributed by atoms with Crippen molar-refractivity contribution < 1.29 is 15.0 Å². The molecule has 1 radical (unpaired) electrons. The number of aromatic carboxylic acids is 1. The molecule has 10 heavy (non-hydrogen) atoms. The Morgan fingerprint density at radius 1 is 1.60 bits per heavy atom. The first-order valence-corrected chi connectivity index (χ1v) is 2.51. The van der Waals surface area contributed by atoms with E-state index in [-0.39, 0.29) is 11.4 Å². The van der Waals surface area contributed by atoms with Gasteiger partial charge < -0.3 is 10.2 Å². The maximum Gasteiger partial charge on any atom is 0.337 e. The predicted molar refractivity (Wildman–Crippen MR) is 31.7 cm³/mol. The Labute approximate surface area is 56.8 Å². The van der Waals surface area contributed by atoms with E-state index >= 15 is 0 Å². The molecule has 1 heterocycles.